The number of aromatic amines is 1. The van der Waals surface area contributed by atoms with E-state index in [2.05, 4.69) is 20.5 Å². The molecular formula is C18H18FN4OPS. The molecule has 0 bridgehead atoms. The molecule has 8 heteroatoms. The highest BCUT2D eigenvalue weighted by Crippen LogP contribution is 2.43. The topological polar surface area (TPSA) is 70.7 Å². The van der Waals surface area contributed by atoms with Crippen LogP contribution >= 0.6 is 18.5 Å². The molecule has 0 saturated heterocycles. The van der Waals surface area contributed by atoms with Gasteiger partial charge in [-0.05, 0) is 49.1 Å². The molecule has 2 aromatic carbocycles. The largest absolute Gasteiger partial charge is 0.365 e. The van der Waals surface area contributed by atoms with Gasteiger partial charge in [-0.25, -0.2) is 9.37 Å². The van der Waals surface area contributed by atoms with Gasteiger partial charge in [0.05, 0.1) is 27.2 Å². The Morgan fingerprint density at radius 1 is 1.31 bits per heavy atom. The van der Waals surface area contributed by atoms with E-state index >= 15 is 4.39 Å². The number of nitrogens with zero attached hydrogens (tertiary/aromatic N) is 2. The monoisotopic (exact) mass is 388 g/mol. The zero-order valence-electron chi connectivity index (χ0n) is 14.8. The number of nitrogens with one attached hydrogen (secondary N) is 2. The molecule has 26 heavy (non-hydrogen) atoms. The maximum atomic E-state index is 15.2. The number of H-pyrrole nitrogens is 1. The van der Waals surface area contributed by atoms with Crippen LogP contribution in [-0.2, 0) is 4.57 Å². The Labute approximate surface area is 154 Å². The highest BCUT2D eigenvalue weighted by molar-refractivity contribution is 7.70. The first-order valence-corrected chi connectivity index (χ1v) is 11.5. The van der Waals surface area contributed by atoms with E-state index in [4.69, 9.17) is 0 Å². The molecule has 134 valence electrons. The average molecular weight is 388 g/mol. The van der Waals surface area contributed by atoms with Crippen molar-refractivity contribution in [2.75, 3.05) is 25.7 Å². The van der Waals surface area contributed by atoms with Crippen LogP contribution in [0.1, 0.15) is 5.56 Å². The summed E-state index contributed by atoms with van der Waals surface area (Å²) in [5, 5.41) is 11.8. The van der Waals surface area contributed by atoms with E-state index in [1.807, 2.05) is 25.2 Å². The SMILES string of the molecule is CNc1nc2ccc(-c3c(C)c(F)c(P(C)(C)=O)c4[nH]ncc34)cc2s1. The van der Waals surface area contributed by atoms with Gasteiger partial charge in [-0.3, -0.25) is 5.10 Å². The fourth-order valence-electron chi connectivity index (χ4n) is 3.32. The maximum Gasteiger partial charge on any atom is 0.183 e. The molecule has 0 atom stereocenters. The maximum absolute atomic E-state index is 15.2. The molecular weight excluding hydrogens is 370 g/mol. The van der Waals surface area contributed by atoms with E-state index in [9.17, 15) is 4.57 Å². The molecule has 2 heterocycles. The van der Waals surface area contributed by atoms with Crippen LogP contribution < -0.4 is 10.6 Å². The third-order valence-corrected chi connectivity index (χ3v) is 7.02. The minimum Gasteiger partial charge on any atom is -0.365 e. The summed E-state index contributed by atoms with van der Waals surface area (Å²) < 4.78 is 28.9. The lowest BCUT2D eigenvalue weighted by atomic mass is 9.96. The quantitative estimate of drug-likeness (QED) is 0.504. The average Bonchev–Trinajstić information content (AvgIpc) is 3.20. The van der Waals surface area contributed by atoms with Gasteiger partial charge in [-0.2, -0.15) is 5.10 Å². The van der Waals surface area contributed by atoms with Gasteiger partial charge in [-0.15, -0.1) is 0 Å². The number of thiazole rings is 1. The molecule has 0 unspecified atom stereocenters. The van der Waals surface area contributed by atoms with Crippen LogP contribution in [0.15, 0.2) is 24.4 Å². The first-order chi connectivity index (χ1) is 12.3. The smallest absolute Gasteiger partial charge is 0.183 e. The van der Waals surface area contributed by atoms with Crippen molar-refractivity contribution in [3.8, 4) is 11.1 Å². The zero-order chi connectivity index (χ0) is 18.6. The molecule has 0 aliphatic heterocycles. The van der Waals surface area contributed by atoms with Crippen LogP contribution in [0.3, 0.4) is 0 Å². The Morgan fingerprint density at radius 3 is 2.77 bits per heavy atom. The number of hydrogen-bond acceptors (Lipinski definition) is 5. The summed E-state index contributed by atoms with van der Waals surface area (Å²) >= 11 is 1.55. The molecule has 0 radical (unpaired) electrons. The summed E-state index contributed by atoms with van der Waals surface area (Å²) in [6.45, 7) is 4.88. The van der Waals surface area contributed by atoms with Gasteiger partial charge >= 0.3 is 0 Å². The molecule has 0 aliphatic rings. The van der Waals surface area contributed by atoms with Crippen molar-refractivity contribution < 1.29 is 8.96 Å². The first kappa shape index (κ1) is 17.2. The Kier molecular flexibility index (Phi) is 3.90. The number of hydrogen-bond donors (Lipinski definition) is 2. The zero-order valence-corrected chi connectivity index (χ0v) is 16.6. The van der Waals surface area contributed by atoms with Crippen LogP contribution in [0.25, 0.3) is 32.2 Å². The summed E-state index contributed by atoms with van der Waals surface area (Å²) in [4.78, 5) is 4.48. The fraction of sp³-hybridized carbons (Fsp3) is 0.222. The second kappa shape index (κ2) is 5.89. The Morgan fingerprint density at radius 2 is 2.08 bits per heavy atom. The van der Waals surface area contributed by atoms with E-state index in [1.54, 1.807) is 37.8 Å². The molecule has 0 aliphatic carbocycles. The van der Waals surface area contributed by atoms with E-state index in [1.165, 1.54) is 0 Å². The molecule has 0 spiro atoms. The summed E-state index contributed by atoms with van der Waals surface area (Å²) in [6, 6.07) is 5.88. The van der Waals surface area contributed by atoms with Crippen LogP contribution in [0.2, 0.25) is 0 Å². The van der Waals surface area contributed by atoms with E-state index in [-0.39, 0.29) is 5.30 Å². The number of halogens is 1. The van der Waals surface area contributed by atoms with Crippen molar-refractivity contribution in [2.24, 2.45) is 0 Å². The van der Waals surface area contributed by atoms with Crippen LogP contribution in [0.5, 0.6) is 0 Å². The standard InChI is InChI=1S/C18H18FN4OPS/c1-9-14(10-5-6-12-13(7-10)26-18(20-2)22-12)11-8-21-23-16(11)17(15(9)19)25(3,4)24/h5-8H,1-4H3,(H,20,22)(H,21,23). The predicted octanol–water partition coefficient (Wildman–Crippen LogP) is 4.58. The van der Waals surface area contributed by atoms with Crippen LogP contribution in [-0.4, -0.2) is 35.6 Å². The number of fused-ring (bicyclic) bond motifs is 2. The predicted molar refractivity (Wildman–Crippen MR) is 108 cm³/mol. The summed E-state index contributed by atoms with van der Waals surface area (Å²) in [7, 11) is -0.976. The molecule has 0 saturated carbocycles. The van der Waals surface area contributed by atoms with E-state index in [0.717, 1.165) is 31.9 Å². The molecule has 4 aromatic rings. The van der Waals surface area contributed by atoms with Crippen LogP contribution in [0.4, 0.5) is 9.52 Å². The number of rotatable bonds is 3. The fourth-order valence-corrected chi connectivity index (χ4v) is 5.53. The second-order valence-electron chi connectivity index (χ2n) is 6.62. The normalized spacial score (nSPS) is 12.2. The molecule has 0 fully saturated rings. The van der Waals surface area contributed by atoms with Crippen LogP contribution in [0, 0.1) is 12.7 Å². The molecule has 2 N–H and O–H groups in total. The van der Waals surface area contributed by atoms with Crippen molar-refractivity contribution in [3.63, 3.8) is 0 Å². The Bertz CT molecular complexity index is 1210. The summed E-state index contributed by atoms with van der Waals surface area (Å²) in [5.41, 5.74) is 3.55. The highest BCUT2D eigenvalue weighted by atomic mass is 32.1. The lowest BCUT2D eigenvalue weighted by Gasteiger charge is -2.16. The molecule has 2 aromatic heterocycles. The van der Waals surface area contributed by atoms with Gasteiger partial charge in [0, 0.05) is 12.4 Å². The van der Waals surface area contributed by atoms with Crippen molar-refractivity contribution in [3.05, 3.63) is 35.8 Å². The molecule has 4 rings (SSSR count). The lowest BCUT2D eigenvalue weighted by Crippen LogP contribution is -2.13. The number of benzene rings is 2. The summed E-state index contributed by atoms with van der Waals surface area (Å²) in [5.74, 6) is -0.426. The molecule has 0 amide bonds. The lowest BCUT2D eigenvalue weighted by molar-refractivity contribution is 0.584. The van der Waals surface area contributed by atoms with Crippen molar-refractivity contribution in [1.29, 1.82) is 0 Å². The Hall–Kier alpha value is -2.24. The number of aromatic nitrogens is 3. The third-order valence-electron chi connectivity index (χ3n) is 4.49. The van der Waals surface area contributed by atoms with Gasteiger partial charge in [0.1, 0.15) is 13.0 Å². The number of anilines is 1. The minimum absolute atomic E-state index is 0.239. The second-order valence-corrected chi connectivity index (χ2v) is 10.8. The van der Waals surface area contributed by atoms with Crippen molar-refractivity contribution in [1.82, 2.24) is 15.2 Å². The van der Waals surface area contributed by atoms with Gasteiger partial charge < -0.3 is 9.88 Å². The van der Waals surface area contributed by atoms with E-state index < -0.39 is 13.0 Å². The minimum atomic E-state index is -2.81. The third kappa shape index (κ3) is 2.54. The van der Waals surface area contributed by atoms with Crippen molar-refractivity contribution >= 4 is 50.0 Å². The van der Waals surface area contributed by atoms with E-state index in [0.29, 0.717) is 11.1 Å². The van der Waals surface area contributed by atoms with Gasteiger partial charge in [-0.1, -0.05) is 17.4 Å². The Balaban J connectivity index is 2.05. The highest BCUT2D eigenvalue weighted by Gasteiger charge is 2.26. The van der Waals surface area contributed by atoms with Gasteiger partial charge in [0.25, 0.3) is 0 Å². The molecule has 5 nitrogen and oxygen atoms in total. The first-order valence-electron chi connectivity index (χ1n) is 8.10. The van der Waals surface area contributed by atoms with Gasteiger partial charge in [0.2, 0.25) is 0 Å². The van der Waals surface area contributed by atoms with Gasteiger partial charge in [0.15, 0.2) is 5.13 Å². The summed E-state index contributed by atoms with van der Waals surface area (Å²) in [6.07, 6.45) is 1.67. The van der Waals surface area contributed by atoms with Crippen molar-refractivity contribution in [2.45, 2.75) is 6.92 Å².